The van der Waals surface area contributed by atoms with E-state index in [9.17, 15) is 4.79 Å². The van der Waals surface area contributed by atoms with Crippen LogP contribution < -0.4 is 10.3 Å². The van der Waals surface area contributed by atoms with Gasteiger partial charge in [-0.25, -0.2) is 0 Å². The molecule has 3 rings (SSSR count). The summed E-state index contributed by atoms with van der Waals surface area (Å²) in [4.78, 5) is 11.5. The fourth-order valence-corrected chi connectivity index (χ4v) is 2.06. The molecule has 0 spiro atoms. The number of ether oxygens (including phenoxy) is 1. The lowest BCUT2D eigenvalue weighted by Crippen LogP contribution is -2.15. The molecule has 0 bridgehead atoms. The normalized spacial score (nSPS) is 13.6. The second-order valence-corrected chi connectivity index (χ2v) is 3.85. The van der Waals surface area contributed by atoms with E-state index in [0.29, 0.717) is 6.61 Å². The Hall–Kier alpha value is -2.03. The van der Waals surface area contributed by atoms with E-state index in [1.165, 1.54) is 0 Å². The molecule has 3 nitrogen and oxygen atoms in total. The van der Waals surface area contributed by atoms with Crippen molar-refractivity contribution >= 4 is 17.0 Å². The first-order valence-electron chi connectivity index (χ1n) is 5.19. The van der Waals surface area contributed by atoms with Crippen LogP contribution in [0.4, 0.5) is 0 Å². The first-order valence-corrected chi connectivity index (χ1v) is 5.19. The summed E-state index contributed by atoms with van der Waals surface area (Å²) >= 11 is 0. The molecule has 0 aliphatic carbocycles. The van der Waals surface area contributed by atoms with Gasteiger partial charge in [0.2, 0.25) is 0 Å². The lowest BCUT2D eigenvalue weighted by molar-refractivity contribution is 0.359. The molecule has 16 heavy (non-hydrogen) atoms. The number of benzene rings is 1. The standard InChI is InChI=1S/C13H11NO2/c1-14-11-5-6-12-10(3-2-8-16-12)9(11)4-7-13(14)15/h2-7H,8H2,1H3. The molecule has 0 saturated carbocycles. The van der Waals surface area contributed by atoms with Crippen LogP contribution in [0.25, 0.3) is 17.0 Å². The maximum Gasteiger partial charge on any atom is 0.250 e. The van der Waals surface area contributed by atoms with Gasteiger partial charge in [0.15, 0.2) is 0 Å². The Balaban J connectivity index is 2.47. The van der Waals surface area contributed by atoms with Crippen LogP contribution in [0.2, 0.25) is 0 Å². The van der Waals surface area contributed by atoms with Crippen molar-refractivity contribution in [1.82, 2.24) is 4.57 Å². The Morgan fingerprint density at radius 2 is 2.12 bits per heavy atom. The second kappa shape index (κ2) is 3.23. The van der Waals surface area contributed by atoms with Gasteiger partial charge in [0, 0.05) is 24.1 Å². The van der Waals surface area contributed by atoms with Crippen LogP contribution in [0.1, 0.15) is 5.56 Å². The van der Waals surface area contributed by atoms with E-state index in [1.807, 2.05) is 30.4 Å². The van der Waals surface area contributed by atoms with Gasteiger partial charge in [-0.2, -0.15) is 0 Å². The first kappa shape index (κ1) is 9.21. The van der Waals surface area contributed by atoms with E-state index in [2.05, 4.69) is 0 Å². The van der Waals surface area contributed by atoms with Crippen molar-refractivity contribution in [2.75, 3.05) is 6.61 Å². The number of hydrogen-bond donors (Lipinski definition) is 0. The highest BCUT2D eigenvalue weighted by Gasteiger charge is 2.10. The SMILES string of the molecule is Cn1c(=O)ccc2c3c(ccc21)OCC=C3. The zero-order chi connectivity index (χ0) is 11.1. The van der Waals surface area contributed by atoms with Gasteiger partial charge in [0.1, 0.15) is 12.4 Å². The van der Waals surface area contributed by atoms with Gasteiger partial charge in [-0.1, -0.05) is 6.08 Å². The molecule has 1 aromatic heterocycles. The Kier molecular flexibility index (Phi) is 1.86. The van der Waals surface area contributed by atoms with Crippen LogP contribution in [-0.2, 0) is 7.05 Å². The Morgan fingerprint density at radius 1 is 1.25 bits per heavy atom. The van der Waals surface area contributed by atoms with E-state index in [4.69, 9.17) is 4.74 Å². The molecule has 1 aliphatic heterocycles. The molecule has 2 aromatic rings. The lowest BCUT2D eigenvalue weighted by Gasteiger charge is -2.15. The fourth-order valence-electron chi connectivity index (χ4n) is 2.06. The highest BCUT2D eigenvalue weighted by molar-refractivity contribution is 5.91. The zero-order valence-electron chi connectivity index (χ0n) is 8.93. The number of aromatic nitrogens is 1. The van der Waals surface area contributed by atoms with Crippen molar-refractivity contribution in [3.8, 4) is 5.75 Å². The summed E-state index contributed by atoms with van der Waals surface area (Å²) in [5.41, 5.74) is 1.99. The summed E-state index contributed by atoms with van der Waals surface area (Å²) in [6.45, 7) is 0.615. The fraction of sp³-hybridized carbons (Fsp3) is 0.154. The average Bonchev–Trinajstić information content (AvgIpc) is 2.33. The average molecular weight is 213 g/mol. The van der Waals surface area contributed by atoms with Gasteiger partial charge < -0.3 is 9.30 Å². The van der Waals surface area contributed by atoms with Crippen LogP contribution >= 0.6 is 0 Å². The molecule has 1 aliphatic rings. The molecule has 2 heterocycles. The van der Waals surface area contributed by atoms with Crippen LogP contribution in [0.3, 0.4) is 0 Å². The van der Waals surface area contributed by atoms with Crippen molar-refractivity contribution in [3.63, 3.8) is 0 Å². The van der Waals surface area contributed by atoms with Gasteiger partial charge in [-0.3, -0.25) is 4.79 Å². The number of hydrogen-bond acceptors (Lipinski definition) is 2. The van der Waals surface area contributed by atoms with Crippen molar-refractivity contribution < 1.29 is 4.74 Å². The molecule has 3 heteroatoms. The van der Waals surface area contributed by atoms with Gasteiger partial charge in [-0.05, 0) is 24.3 Å². The zero-order valence-corrected chi connectivity index (χ0v) is 8.93. The molecule has 0 unspecified atom stereocenters. The van der Waals surface area contributed by atoms with E-state index in [0.717, 1.165) is 22.2 Å². The molecule has 0 atom stereocenters. The number of rotatable bonds is 0. The molecule has 0 radical (unpaired) electrons. The third-order valence-electron chi connectivity index (χ3n) is 2.93. The van der Waals surface area contributed by atoms with Gasteiger partial charge in [0.25, 0.3) is 5.56 Å². The predicted octanol–water partition coefficient (Wildman–Crippen LogP) is 1.94. The first-order chi connectivity index (χ1) is 7.77. The topological polar surface area (TPSA) is 31.2 Å². The number of aryl methyl sites for hydroxylation is 1. The maximum atomic E-state index is 11.5. The van der Waals surface area contributed by atoms with Crippen molar-refractivity contribution in [1.29, 1.82) is 0 Å². The third kappa shape index (κ3) is 1.18. The minimum absolute atomic E-state index is 0.00755. The number of nitrogens with zero attached hydrogens (tertiary/aromatic N) is 1. The van der Waals surface area contributed by atoms with Crippen molar-refractivity contribution in [3.05, 3.63) is 46.3 Å². The van der Waals surface area contributed by atoms with Crippen molar-refractivity contribution in [2.45, 2.75) is 0 Å². The number of fused-ring (bicyclic) bond motifs is 3. The molecular weight excluding hydrogens is 202 g/mol. The summed E-state index contributed by atoms with van der Waals surface area (Å²) < 4.78 is 7.18. The largest absolute Gasteiger partial charge is 0.489 e. The van der Waals surface area contributed by atoms with E-state index >= 15 is 0 Å². The van der Waals surface area contributed by atoms with Crippen LogP contribution in [0.5, 0.6) is 5.75 Å². The minimum atomic E-state index is 0.00755. The summed E-state index contributed by atoms with van der Waals surface area (Å²) in [7, 11) is 1.78. The lowest BCUT2D eigenvalue weighted by atomic mass is 10.1. The van der Waals surface area contributed by atoms with E-state index in [1.54, 1.807) is 17.7 Å². The van der Waals surface area contributed by atoms with Gasteiger partial charge in [-0.15, -0.1) is 0 Å². The van der Waals surface area contributed by atoms with Crippen LogP contribution in [0.15, 0.2) is 35.1 Å². The number of pyridine rings is 1. The molecule has 0 amide bonds. The molecule has 80 valence electrons. The molecular formula is C13H11NO2. The molecule has 0 N–H and O–H groups in total. The Labute approximate surface area is 92.6 Å². The van der Waals surface area contributed by atoms with Crippen molar-refractivity contribution in [2.24, 2.45) is 7.05 Å². The third-order valence-corrected chi connectivity index (χ3v) is 2.93. The van der Waals surface area contributed by atoms with E-state index in [-0.39, 0.29) is 5.56 Å². The highest BCUT2D eigenvalue weighted by atomic mass is 16.5. The Bertz CT molecular complexity index is 653. The summed E-state index contributed by atoms with van der Waals surface area (Å²) in [5, 5.41) is 1.05. The molecule has 1 aromatic carbocycles. The summed E-state index contributed by atoms with van der Waals surface area (Å²) in [6, 6.07) is 7.29. The molecule has 0 saturated heterocycles. The quantitative estimate of drug-likeness (QED) is 0.669. The molecule has 0 fully saturated rings. The van der Waals surface area contributed by atoms with Crippen LogP contribution in [0, 0.1) is 0 Å². The highest BCUT2D eigenvalue weighted by Crippen LogP contribution is 2.30. The van der Waals surface area contributed by atoms with Gasteiger partial charge in [0.05, 0.1) is 5.52 Å². The van der Waals surface area contributed by atoms with E-state index < -0.39 is 0 Å². The predicted molar refractivity (Wildman–Crippen MR) is 63.7 cm³/mol. The monoisotopic (exact) mass is 213 g/mol. The minimum Gasteiger partial charge on any atom is -0.489 e. The second-order valence-electron chi connectivity index (χ2n) is 3.85. The van der Waals surface area contributed by atoms with Crippen LogP contribution in [-0.4, -0.2) is 11.2 Å². The summed E-state index contributed by atoms with van der Waals surface area (Å²) in [5.74, 6) is 0.883. The summed E-state index contributed by atoms with van der Waals surface area (Å²) in [6.07, 6.45) is 4.03. The smallest absolute Gasteiger partial charge is 0.250 e. The van der Waals surface area contributed by atoms with Gasteiger partial charge >= 0.3 is 0 Å². The Morgan fingerprint density at radius 3 is 3.00 bits per heavy atom. The maximum absolute atomic E-state index is 11.5.